The Kier molecular flexibility index (Phi) is 6.60. The fourth-order valence-corrected chi connectivity index (χ4v) is 1.30. The van der Waals surface area contributed by atoms with Gasteiger partial charge in [-0.2, -0.15) is 0 Å². The molecule has 0 fully saturated rings. The molecule has 0 aliphatic rings. The highest BCUT2D eigenvalue weighted by Gasteiger charge is 2.29. The van der Waals surface area contributed by atoms with Gasteiger partial charge in [0.2, 0.25) is 0 Å². The molecule has 0 aliphatic heterocycles. The lowest BCUT2D eigenvalue weighted by Crippen LogP contribution is -2.35. The highest BCUT2D eigenvalue weighted by atomic mass is 16.7. The normalized spacial score (nSPS) is 15.6. The van der Waals surface area contributed by atoms with Crippen LogP contribution in [0.25, 0.3) is 0 Å². The lowest BCUT2D eigenvalue weighted by molar-refractivity contribution is -0.187. The summed E-state index contributed by atoms with van der Waals surface area (Å²) in [6.07, 6.45) is -0.266. The minimum absolute atomic E-state index is 0.125. The van der Waals surface area contributed by atoms with E-state index in [4.69, 9.17) is 9.47 Å². The second-order valence-electron chi connectivity index (χ2n) is 4.79. The molecule has 2 unspecified atom stereocenters. The minimum Gasteiger partial charge on any atom is -0.469 e. The smallest absolute Gasteiger partial charge is 0.308 e. The summed E-state index contributed by atoms with van der Waals surface area (Å²) in [5, 5.41) is 0. The first-order chi connectivity index (χ1) is 7.31. The zero-order valence-corrected chi connectivity index (χ0v) is 11.2. The molecule has 4 nitrogen and oxygen atoms in total. The molecule has 0 N–H and O–H groups in total. The summed E-state index contributed by atoms with van der Waals surface area (Å²) in [4.78, 5) is 11.3. The third kappa shape index (κ3) is 6.08. The van der Waals surface area contributed by atoms with Crippen molar-refractivity contribution in [3.63, 3.8) is 0 Å². The van der Waals surface area contributed by atoms with E-state index in [2.05, 4.69) is 4.74 Å². The van der Waals surface area contributed by atoms with Crippen molar-refractivity contribution < 1.29 is 19.0 Å². The average Bonchev–Trinajstić information content (AvgIpc) is 2.15. The van der Waals surface area contributed by atoms with Gasteiger partial charge in [0.25, 0.3) is 0 Å². The molecule has 0 rings (SSSR count). The van der Waals surface area contributed by atoms with Crippen molar-refractivity contribution in [1.29, 1.82) is 0 Å². The van der Waals surface area contributed by atoms with E-state index in [0.717, 1.165) is 0 Å². The number of carbonyl (C=O) groups is 1. The first-order valence-electron chi connectivity index (χ1n) is 5.65. The molecule has 0 bridgehead atoms. The van der Waals surface area contributed by atoms with Crippen LogP contribution in [0.3, 0.4) is 0 Å². The van der Waals surface area contributed by atoms with E-state index < -0.39 is 0 Å². The molecule has 0 aliphatic carbocycles. The number of hydrogen-bond donors (Lipinski definition) is 0. The molecule has 2 atom stereocenters. The Morgan fingerprint density at radius 2 is 1.88 bits per heavy atom. The molecular formula is C12H24O4. The number of hydrogen-bond acceptors (Lipinski definition) is 4. The monoisotopic (exact) mass is 232 g/mol. The molecule has 0 saturated carbocycles. The summed E-state index contributed by atoms with van der Waals surface area (Å²) in [6.45, 7) is 10.4. The second kappa shape index (κ2) is 6.86. The van der Waals surface area contributed by atoms with Gasteiger partial charge in [-0.05, 0) is 19.3 Å². The van der Waals surface area contributed by atoms with Crippen LogP contribution in [0.4, 0.5) is 0 Å². The van der Waals surface area contributed by atoms with Crippen molar-refractivity contribution in [3.05, 3.63) is 0 Å². The molecule has 0 aromatic carbocycles. The standard InChI is InChI=1S/C12H24O4/c1-7-15-9(2)16-10(12(3,4)5)8-11(13)14-6/h9-10H,7-8H2,1-6H3. The van der Waals surface area contributed by atoms with Crippen LogP contribution in [0, 0.1) is 5.41 Å². The first-order valence-corrected chi connectivity index (χ1v) is 5.65. The van der Waals surface area contributed by atoms with Crippen molar-refractivity contribution in [3.8, 4) is 0 Å². The second-order valence-corrected chi connectivity index (χ2v) is 4.79. The summed E-state index contributed by atoms with van der Waals surface area (Å²) < 4.78 is 15.7. The molecule has 0 aromatic heterocycles. The average molecular weight is 232 g/mol. The van der Waals surface area contributed by atoms with Crippen molar-refractivity contribution in [2.24, 2.45) is 5.41 Å². The van der Waals surface area contributed by atoms with E-state index >= 15 is 0 Å². The van der Waals surface area contributed by atoms with Gasteiger partial charge < -0.3 is 14.2 Å². The molecule has 4 heteroatoms. The van der Waals surface area contributed by atoms with Crippen molar-refractivity contribution >= 4 is 5.97 Å². The minimum atomic E-state index is -0.307. The number of ether oxygens (including phenoxy) is 3. The quantitative estimate of drug-likeness (QED) is 0.521. The van der Waals surface area contributed by atoms with Crippen LogP contribution in [0.5, 0.6) is 0 Å². The van der Waals surface area contributed by atoms with Gasteiger partial charge in [0, 0.05) is 6.61 Å². The summed E-state index contributed by atoms with van der Waals surface area (Å²) in [7, 11) is 1.38. The summed E-state index contributed by atoms with van der Waals surface area (Å²) in [5.74, 6) is -0.261. The number of methoxy groups -OCH3 is 1. The summed E-state index contributed by atoms with van der Waals surface area (Å²) in [6, 6.07) is 0. The highest BCUT2D eigenvalue weighted by molar-refractivity contribution is 5.69. The van der Waals surface area contributed by atoms with Crippen molar-refractivity contribution in [2.45, 2.75) is 53.4 Å². The first kappa shape index (κ1) is 15.4. The zero-order valence-electron chi connectivity index (χ0n) is 11.2. The topological polar surface area (TPSA) is 44.8 Å². The van der Waals surface area contributed by atoms with Gasteiger partial charge in [0.15, 0.2) is 6.29 Å². The molecule has 96 valence electrons. The fourth-order valence-electron chi connectivity index (χ4n) is 1.30. The molecule has 0 heterocycles. The molecule has 0 amide bonds. The summed E-state index contributed by atoms with van der Waals surface area (Å²) in [5.41, 5.74) is -0.125. The van der Waals surface area contributed by atoms with E-state index in [1.807, 2.05) is 34.6 Å². The van der Waals surface area contributed by atoms with Crippen LogP contribution in [-0.2, 0) is 19.0 Å². The Balaban J connectivity index is 4.38. The van der Waals surface area contributed by atoms with Gasteiger partial charge in [-0.1, -0.05) is 20.8 Å². The maximum atomic E-state index is 11.3. The lowest BCUT2D eigenvalue weighted by Gasteiger charge is -2.32. The van der Waals surface area contributed by atoms with Gasteiger partial charge in [0.05, 0.1) is 19.6 Å². The Labute approximate surface area is 98.3 Å². The molecule has 0 spiro atoms. The van der Waals surface area contributed by atoms with E-state index in [9.17, 15) is 4.79 Å². The lowest BCUT2D eigenvalue weighted by atomic mass is 9.87. The fraction of sp³-hybridized carbons (Fsp3) is 0.917. The van der Waals surface area contributed by atoms with E-state index in [0.29, 0.717) is 6.61 Å². The maximum Gasteiger partial charge on any atom is 0.308 e. The van der Waals surface area contributed by atoms with Crippen LogP contribution in [0.2, 0.25) is 0 Å². The van der Waals surface area contributed by atoms with Gasteiger partial charge in [-0.15, -0.1) is 0 Å². The molecule has 16 heavy (non-hydrogen) atoms. The van der Waals surface area contributed by atoms with Gasteiger partial charge >= 0.3 is 5.97 Å². The SMILES string of the molecule is CCOC(C)OC(CC(=O)OC)C(C)(C)C. The predicted octanol–water partition coefficient (Wildman–Crippen LogP) is 2.36. The maximum absolute atomic E-state index is 11.3. The highest BCUT2D eigenvalue weighted by Crippen LogP contribution is 2.26. The van der Waals surface area contributed by atoms with Crippen LogP contribution in [-0.4, -0.2) is 32.1 Å². The molecule has 0 saturated heterocycles. The van der Waals surface area contributed by atoms with E-state index in [1.54, 1.807) is 0 Å². The Bertz CT molecular complexity index is 208. The van der Waals surface area contributed by atoms with E-state index in [-0.39, 0.29) is 30.2 Å². The third-order valence-corrected chi connectivity index (χ3v) is 2.30. The third-order valence-electron chi connectivity index (χ3n) is 2.30. The number of rotatable bonds is 6. The van der Waals surface area contributed by atoms with E-state index in [1.165, 1.54) is 7.11 Å². The van der Waals surface area contributed by atoms with Gasteiger partial charge in [-0.25, -0.2) is 0 Å². The number of esters is 1. The van der Waals surface area contributed by atoms with Crippen molar-refractivity contribution in [2.75, 3.05) is 13.7 Å². The predicted molar refractivity (Wildman–Crippen MR) is 62.0 cm³/mol. The van der Waals surface area contributed by atoms with Crippen LogP contribution in [0.15, 0.2) is 0 Å². The number of carbonyl (C=O) groups excluding carboxylic acids is 1. The Morgan fingerprint density at radius 1 is 1.31 bits per heavy atom. The van der Waals surface area contributed by atoms with Gasteiger partial charge in [0.1, 0.15) is 0 Å². The molecule has 0 aromatic rings. The zero-order chi connectivity index (χ0) is 12.8. The van der Waals surface area contributed by atoms with Crippen LogP contribution < -0.4 is 0 Å². The molecule has 0 radical (unpaired) electrons. The Hall–Kier alpha value is -0.610. The largest absolute Gasteiger partial charge is 0.469 e. The summed E-state index contributed by atoms with van der Waals surface area (Å²) >= 11 is 0. The molecular weight excluding hydrogens is 208 g/mol. The van der Waals surface area contributed by atoms with Gasteiger partial charge in [-0.3, -0.25) is 4.79 Å². The van der Waals surface area contributed by atoms with Crippen LogP contribution in [0.1, 0.15) is 41.0 Å². The van der Waals surface area contributed by atoms with Crippen LogP contribution >= 0.6 is 0 Å². The Morgan fingerprint density at radius 3 is 2.25 bits per heavy atom. The van der Waals surface area contributed by atoms with Crippen molar-refractivity contribution in [1.82, 2.24) is 0 Å².